The van der Waals surface area contributed by atoms with Crippen molar-refractivity contribution in [3.63, 3.8) is 0 Å². The lowest BCUT2D eigenvalue weighted by Crippen LogP contribution is -2.31. The number of carboxylic acids is 1. The molecule has 0 fully saturated rings. The topological polar surface area (TPSA) is 98.5 Å². The molecule has 0 saturated heterocycles. The smallest absolute Gasteiger partial charge is 0.335 e. The Labute approximate surface area is 111 Å². The van der Waals surface area contributed by atoms with Gasteiger partial charge in [-0.3, -0.25) is 0 Å². The summed E-state index contributed by atoms with van der Waals surface area (Å²) in [6.45, 7) is 1.98. The average Bonchev–Trinajstić information content (AvgIpc) is 2.39. The molecule has 0 unspecified atom stereocenters. The number of sulfonamides is 1. The van der Waals surface area contributed by atoms with Crippen molar-refractivity contribution in [1.29, 1.82) is 5.26 Å². The standard InChI is InChI=1S/C12H14N2O4S/c1-2-14(8-4-7-13)19(17,18)11-6-3-5-10(9-11)12(15)16/h3,5-6,9H,2,4,8H2,1H3,(H,15,16). The summed E-state index contributed by atoms with van der Waals surface area (Å²) in [5.74, 6) is -1.18. The fourth-order valence-electron chi connectivity index (χ4n) is 1.56. The van der Waals surface area contributed by atoms with Gasteiger partial charge >= 0.3 is 5.97 Å². The molecule has 0 radical (unpaired) electrons. The Bertz CT molecular complexity index is 604. The normalized spacial score (nSPS) is 11.2. The van der Waals surface area contributed by atoms with Gasteiger partial charge in [0.1, 0.15) is 0 Å². The molecule has 1 aromatic rings. The largest absolute Gasteiger partial charge is 0.478 e. The van der Waals surface area contributed by atoms with Gasteiger partial charge in [0.05, 0.1) is 16.5 Å². The van der Waals surface area contributed by atoms with E-state index >= 15 is 0 Å². The molecule has 1 aromatic carbocycles. The van der Waals surface area contributed by atoms with Crippen LogP contribution in [0, 0.1) is 11.3 Å². The van der Waals surface area contributed by atoms with E-state index < -0.39 is 16.0 Å². The van der Waals surface area contributed by atoms with Gasteiger partial charge in [-0.25, -0.2) is 13.2 Å². The monoisotopic (exact) mass is 282 g/mol. The highest BCUT2D eigenvalue weighted by molar-refractivity contribution is 7.89. The number of aromatic carboxylic acids is 1. The molecule has 1 N–H and O–H groups in total. The van der Waals surface area contributed by atoms with E-state index in [9.17, 15) is 13.2 Å². The minimum absolute atomic E-state index is 0.0767. The first kappa shape index (κ1) is 15.1. The quantitative estimate of drug-likeness (QED) is 0.848. The molecular weight excluding hydrogens is 268 g/mol. The summed E-state index contributed by atoms with van der Waals surface area (Å²) in [7, 11) is -3.76. The maximum Gasteiger partial charge on any atom is 0.335 e. The van der Waals surface area contributed by atoms with Crippen molar-refractivity contribution in [3.8, 4) is 6.07 Å². The van der Waals surface area contributed by atoms with Crippen LogP contribution in [-0.2, 0) is 10.0 Å². The van der Waals surface area contributed by atoms with E-state index in [4.69, 9.17) is 10.4 Å². The first-order valence-electron chi connectivity index (χ1n) is 5.64. The summed E-state index contributed by atoms with van der Waals surface area (Å²) in [6, 6.07) is 7.06. The third kappa shape index (κ3) is 3.53. The molecule has 0 aliphatic carbocycles. The van der Waals surface area contributed by atoms with Crippen LogP contribution in [0.15, 0.2) is 29.2 Å². The molecule has 102 valence electrons. The van der Waals surface area contributed by atoms with Gasteiger partial charge in [-0.05, 0) is 18.2 Å². The number of hydrogen-bond acceptors (Lipinski definition) is 4. The number of carboxylic acid groups (broad SMARTS) is 1. The van der Waals surface area contributed by atoms with Gasteiger partial charge < -0.3 is 5.11 Å². The fourth-order valence-corrected chi connectivity index (χ4v) is 3.06. The van der Waals surface area contributed by atoms with E-state index in [1.807, 2.05) is 6.07 Å². The Morgan fingerprint density at radius 1 is 1.47 bits per heavy atom. The van der Waals surface area contributed by atoms with Crippen molar-refractivity contribution >= 4 is 16.0 Å². The molecule has 0 aliphatic rings. The first-order chi connectivity index (χ1) is 8.93. The van der Waals surface area contributed by atoms with Crippen molar-refractivity contribution < 1.29 is 18.3 Å². The minimum atomic E-state index is -3.76. The van der Waals surface area contributed by atoms with Crippen molar-refractivity contribution in [2.24, 2.45) is 0 Å². The lowest BCUT2D eigenvalue weighted by Gasteiger charge is -2.19. The summed E-state index contributed by atoms with van der Waals surface area (Å²) in [5.41, 5.74) is -0.0857. The van der Waals surface area contributed by atoms with E-state index in [1.165, 1.54) is 18.2 Å². The highest BCUT2D eigenvalue weighted by atomic mass is 32.2. The molecule has 19 heavy (non-hydrogen) atoms. The number of nitriles is 1. The van der Waals surface area contributed by atoms with Crippen LogP contribution in [0.5, 0.6) is 0 Å². The molecule has 0 bridgehead atoms. The second-order valence-corrected chi connectivity index (χ2v) is 5.68. The second-order valence-electron chi connectivity index (χ2n) is 3.74. The fraction of sp³-hybridized carbons (Fsp3) is 0.333. The van der Waals surface area contributed by atoms with Crippen LogP contribution in [-0.4, -0.2) is 36.9 Å². The molecule has 0 atom stereocenters. The van der Waals surface area contributed by atoms with Crippen LogP contribution in [0.3, 0.4) is 0 Å². The lowest BCUT2D eigenvalue weighted by molar-refractivity contribution is 0.0696. The highest BCUT2D eigenvalue weighted by Crippen LogP contribution is 2.17. The van der Waals surface area contributed by atoms with Gasteiger partial charge in [0.15, 0.2) is 0 Å². The summed E-state index contributed by atoms with van der Waals surface area (Å²) in [4.78, 5) is 10.8. The Morgan fingerprint density at radius 2 is 2.16 bits per heavy atom. The Morgan fingerprint density at radius 3 is 2.68 bits per heavy atom. The van der Waals surface area contributed by atoms with E-state index in [0.29, 0.717) is 0 Å². The summed E-state index contributed by atoms with van der Waals surface area (Å²) in [5, 5.41) is 17.4. The molecule has 0 amide bonds. The van der Waals surface area contributed by atoms with Crippen LogP contribution in [0.2, 0.25) is 0 Å². The van der Waals surface area contributed by atoms with E-state index in [2.05, 4.69) is 0 Å². The van der Waals surface area contributed by atoms with Crippen LogP contribution in [0.4, 0.5) is 0 Å². The Kier molecular flexibility index (Phi) is 5.03. The first-order valence-corrected chi connectivity index (χ1v) is 7.08. The molecule has 0 saturated carbocycles. The number of benzene rings is 1. The van der Waals surface area contributed by atoms with Gasteiger partial charge in [-0.2, -0.15) is 9.57 Å². The zero-order chi connectivity index (χ0) is 14.5. The lowest BCUT2D eigenvalue weighted by atomic mass is 10.2. The van der Waals surface area contributed by atoms with E-state index in [1.54, 1.807) is 6.92 Å². The third-order valence-corrected chi connectivity index (χ3v) is 4.51. The van der Waals surface area contributed by atoms with Crippen LogP contribution >= 0.6 is 0 Å². The minimum Gasteiger partial charge on any atom is -0.478 e. The summed E-state index contributed by atoms with van der Waals surface area (Å²) in [6.07, 6.45) is 0.0890. The number of hydrogen-bond donors (Lipinski definition) is 1. The number of rotatable bonds is 6. The zero-order valence-electron chi connectivity index (χ0n) is 10.4. The number of nitrogens with zero attached hydrogens (tertiary/aromatic N) is 2. The van der Waals surface area contributed by atoms with Crippen LogP contribution in [0.1, 0.15) is 23.7 Å². The molecule has 0 spiro atoms. The second kappa shape index (κ2) is 6.31. The molecule has 0 aromatic heterocycles. The van der Waals surface area contributed by atoms with Crippen molar-refractivity contribution in [2.45, 2.75) is 18.2 Å². The summed E-state index contributed by atoms with van der Waals surface area (Å²) >= 11 is 0. The maximum atomic E-state index is 12.3. The van der Waals surface area contributed by atoms with Crippen LogP contribution in [0.25, 0.3) is 0 Å². The maximum absolute atomic E-state index is 12.3. The van der Waals surface area contributed by atoms with Gasteiger partial charge in [0.25, 0.3) is 0 Å². The molecule has 0 heterocycles. The molecular formula is C12H14N2O4S. The van der Waals surface area contributed by atoms with Crippen LogP contribution < -0.4 is 0 Å². The Hall–Kier alpha value is -1.91. The van der Waals surface area contributed by atoms with Gasteiger partial charge in [0.2, 0.25) is 10.0 Å². The number of carbonyl (C=O) groups is 1. The molecule has 6 nitrogen and oxygen atoms in total. The molecule has 7 heteroatoms. The zero-order valence-corrected chi connectivity index (χ0v) is 11.2. The molecule has 0 aliphatic heterocycles. The van der Waals surface area contributed by atoms with Crippen molar-refractivity contribution in [1.82, 2.24) is 4.31 Å². The Balaban J connectivity index is 3.15. The predicted octanol–water partition coefficient (Wildman–Crippen LogP) is 1.31. The molecule has 1 rings (SSSR count). The van der Waals surface area contributed by atoms with Crippen molar-refractivity contribution in [2.75, 3.05) is 13.1 Å². The van der Waals surface area contributed by atoms with Gasteiger partial charge in [-0.15, -0.1) is 0 Å². The predicted molar refractivity (Wildman–Crippen MR) is 68.1 cm³/mol. The van der Waals surface area contributed by atoms with Crippen molar-refractivity contribution in [3.05, 3.63) is 29.8 Å². The van der Waals surface area contributed by atoms with E-state index in [0.717, 1.165) is 10.4 Å². The SMILES string of the molecule is CCN(CCC#N)S(=O)(=O)c1cccc(C(=O)O)c1. The third-order valence-electron chi connectivity index (χ3n) is 2.54. The average molecular weight is 282 g/mol. The highest BCUT2D eigenvalue weighted by Gasteiger charge is 2.23. The summed E-state index contributed by atoms with van der Waals surface area (Å²) < 4.78 is 25.7. The van der Waals surface area contributed by atoms with Gasteiger partial charge in [-0.1, -0.05) is 13.0 Å². The van der Waals surface area contributed by atoms with E-state index in [-0.39, 0.29) is 30.0 Å². The van der Waals surface area contributed by atoms with Gasteiger partial charge in [0, 0.05) is 19.5 Å².